The highest BCUT2D eigenvalue weighted by Crippen LogP contribution is 2.66. The van der Waals surface area contributed by atoms with Crippen LogP contribution in [-0.2, 0) is 0 Å². The van der Waals surface area contributed by atoms with E-state index in [2.05, 4.69) is 0 Å². The Kier molecular flexibility index (Phi) is 2.66. The van der Waals surface area contributed by atoms with Gasteiger partial charge < -0.3 is 0 Å². The maximum Gasteiger partial charge on any atom is 0.257 e. The van der Waals surface area contributed by atoms with Crippen molar-refractivity contribution in [3.63, 3.8) is 0 Å². The molecule has 0 nitrogen and oxygen atoms in total. The number of halogens is 2. The molecule has 0 saturated heterocycles. The molecular formula is C14H22Cl2Si. The van der Waals surface area contributed by atoms with Gasteiger partial charge in [-0.1, -0.05) is 25.7 Å². The van der Waals surface area contributed by atoms with E-state index in [1.807, 2.05) is 0 Å². The molecule has 4 aliphatic rings. The van der Waals surface area contributed by atoms with Crippen molar-refractivity contribution in [1.82, 2.24) is 0 Å². The summed E-state index contributed by atoms with van der Waals surface area (Å²) in [5.74, 6) is 3.82. The lowest BCUT2D eigenvalue weighted by Gasteiger charge is -2.38. The second-order valence-electron chi connectivity index (χ2n) is 7.24. The van der Waals surface area contributed by atoms with Crippen molar-refractivity contribution >= 4 is 28.9 Å². The minimum atomic E-state index is -2.00. The fourth-order valence-corrected chi connectivity index (χ4v) is 12.6. The highest BCUT2D eigenvalue weighted by molar-refractivity contribution is 7.46. The van der Waals surface area contributed by atoms with Crippen LogP contribution in [0.25, 0.3) is 0 Å². The molecule has 4 fully saturated rings. The van der Waals surface area contributed by atoms with Gasteiger partial charge in [0.15, 0.2) is 0 Å². The molecule has 17 heavy (non-hydrogen) atoms. The van der Waals surface area contributed by atoms with E-state index in [1.54, 1.807) is 0 Å². The van der Waals surface area contributed by atoms with Gasteiger partial charge in [0.1, 0.15) is 0 Å². The Hall–Kier alpha value is 0.797. The van der Waals surface area contributed by atoms with Crippen molar-refractivity contribution in [2.75, 3.05) is 0 Å². The Morgan fingerprint density at radius 2 is 1.12 bits per heavy atom. The van der Waals surface area contributed by atoms with Gasteiger partial charge in [0.2, 0.25) is 0 Å². The quantitative estimate of drug-likeness (QED) is 0.479. The number of fused-ring (bicyclic) bond motifs is 4. The third-order valence-corrected chi connectivity index (χ3v) is 13.2. The van der Waals surface area contributed by atoms with E-state index in [9.17, 15) is 0 Å². The van der Waals surface area contributed by atoms with Crippen LogP contribution in [0.3, 0.4) is 0 Å². The van der Waals surface area contributed by atoms with E-state index in [-0.39, 0.29) is 0 Å². The van der Waals surface area contributed by atoms with E-state index >= 15 is 0 Å². The second kappa shape index (κ2) is 3.90. The first-order valence-corrected chi connectivity index (χ1v) is 11.7. The molecule has 96 valence electrons. The zero-order valence-electron chi connectivity index (χ0n) is 10.4. The molecule has 4 bridgehead atoms. The molecule has 4 aliphatic carbocycles. The Bertz CT molecular complexity index is 300. The molecule has 4 rings (SSSR count). The summed E-state index contributed by atoms with van der Waals surface area (Å²) < 4.78 is 0. The third kappa shape index (κ3) is 1.68. The van der Waals surface area contributed by atoms with Crippen molar-refractivity contribution in [3.05, 3.63) is 0 Å². The average Bonchev–Trinajstić information content (AvgIpc) is 3.07. The van der Waals surface area contributed by atoms with Crippen LogP contribution in [0, 0.1) is 23.7 Å². The lowest BCUT2D eigenvalue weighted by Crippen LogP contribution is -2.38. The van der Waals surface area contributed by atoms with Crippen molar-refractivity contribution in [1.29, 1.82) is 0 Å². The van der Waals surface area contributed by atoms with Gasteiger partial charge in [-0.25, -0.2) is 0 Å². The predicted molar refractivity (Wildman–Crippen MR) is 75.9 cm³/mol. The van der Waals surface area contributed by atoms with Crippen LogP contribution in [0.1, 0.15) is 51.4 Å². The fraction of sp³-hybridized carbons (Fsp3) is 1.00. The Morgan fingerprint density at radius 3 is 1.41 bits per heavy atom. The summed E-state index contributed by atoms with van der Waals surface area (Å²) in [7, 11) is 0. The molecule has 0 radical (unpaired) electrons. The van der Waals surface area contributed by atoms with Gasteiger partial charge in [-0.2, -0.15) is 0 Å². The molecule has 0 aromatic carbocycles. The molecule has 0 aromatic heterocycles. The number of rotatable bonds is 2. The van der Waals surface area contributed by atoms with Crippen molar-refractivity contribution in [2.24, 2.45) is 23.7 Å². The van der Waals surface area contributed by atoms with Crippen LogP contribution < -0.4 is 0 Å². The molecule has 0 amide bonds. The minimum Gasteiger partial charge on any atom is -0.145 e. The van der Waals surface area contributed by atoms with Gasteiger partial charge in [-0.05, 0) is 60.4 Å². The highest BCUT2D eigenvalue weighted by Gasteiger charge is 2.59. The first kappa shape index (κ1) is 11.6. The van der Waals surface area contributed by atoms with Gasteiger partial charge in [0, 0.05) is 0 Å². The molecule has 6 unspecified atom stereocenters. The predicted octanol–water partition coefficient (Wildman–Crippen LogP) is 5.29. The van der Waals surface area contributed by atoms with Crippen LogP contribution in [0.2, 0.25) is 11.1 Å². The van der Waals surface area contributed by atoms with Crippen LogP contribution in [0.15, 0.2) is 0 Å². The molecule has 0 aromatic rings. The van der Waals surface area contributed by atoms with Crippen molar-refractivity contribution in [3.8, 4) is 0 Å². The largest absolute Gasteiger partial charge is 0.257 e. The monoisotopic (exact) mass is 288 g/mol. The summed E-state index contributed by atoms with van der Waals surface area (Å²) in [6, 6.07) is 0. The molecule has 3 heteroatoms. The topological polar surface area (TPSA) is 0 Å². The van der Waals surface area contributed by atoms with Crippen LogP contribution in [0.5, 0.6) is 0 Å². The normalized spacial score (nSPS) is 52.6. The summed E-state index contributed by atoms with van der Waals surface area (Å²) in [5, 5.41) is 0. The lowest BCUT2D eigenvalue weighted by molar-refractivity contribution is 0.440. The van der Waals surface area contributed by atoms with Crippen LogP contribution in [-0.4, -0.2) is 6.69 Å². The first-order chi connectivity index (χ1) is 8.14. The molecule has 0 spiro atoms. The first-order valence-electron chi connectivity index (χ1n) is 7.52. The smallest absolute Gasteiger partial charge is 0.145 e. The molecule has 4 saturated carbocycles. The Morgan fingerprint density at radius 1 is 0.647 bits per heavy atom. The van der Waals surface area contributed by atoms with Gasteiger partial charge in [0.25, 0.3) is 6.69 Å². The molecule has 0 N–H and O–H groups in total. The molecule has 0 aliphatic heterocycles. The summed E-state index contributed by atoms with van der Waals surface area (Å²) in [6.07, 6.45) is 11.5. The van der Waals surface area contributed by atoms with E-state index in [1.165, 1.54) is 51.4 Å². The molecule has 0 heterocycles. The van der Waals surface area contributed by atoms with Crippen LogP contribution in [0.4, 0.5) is 0 Å². The van der Waals surface area contributed by atoms with Gasteiger partial charge in [-0.3, -0.25) is 0 Å². The van der Waals surface area contributed by atoms with Crippen LogP contribution >= 0.6 is 22.2 Å². The zero-order valence-corrected chi connectivity index (χ0v) is 12.9. The number of hydrogen-bond acceptors (Lipinski definition) is 0. The minimum absolute atomic E-state index is 0.758. The Labute approximate surface area is 115 Å². The van der Waals surface area contributed by atoms with Crippen molar-refractivity contribution in [2.45, 2.75) is 62.4 Å². The summed E-state index contributed by atoms with van der Waals surface area (Å²) in [5.41, 5.74) is 1.52. The maximum absolute atomic E-state index is 7.04. The fourth-order valence-electron chi connectivity index (χ4n) is 5.71. The van der Waals surface area contributed by atoms with E-state index in [4.69, 9.17) is 22.2 Å². The third-order valence-electron chi connectivity index (χ3n) is 6.46. The summed E-state index contributed by atoms with van der Waals surface area (Å²) in [4.78, 5) is 0. The standard InChI is InChI=1S/C14H22Cl2Si/c15-17(16,13-7-9-1-3-11(13)5-9)14-8-10-2-4-12(14)6-10/h9-14H,1-8H2. The lowest BCUT2D eigenvalue weighted by atomic mass is 9.99. The highest BCUT2D eigenvalue weighted by atomic mass is 35.7. The summed E-state index contributed by atoms with van der Waals surface area (Å²) >= 11 is 14.1. The van der Waals surface area contributed by atoms with Gasteiger partial charge in [0.05, 0.1) is 0 Å². The average molecular weight is 289 g/mol. The SMILES string of the molecule is Cl[Si](Cl)(C1CC2CCC1C2)C1CC2CCC1C2. The maximum atomic E-state index is 7.04. The molecule has 6 atom stereocenters. The van der Waals surface area contributed by atoms with E-state index in [0.717, 1.165) is 34.8 Å². The summed E-state index contributed by atoms with van der Waals surface area (Å²) in [6.45, 7) is -2.00. The number of hydrogen-bond donors (Lipinski definition) is 0. The Balaban J connectivity index is 1.55. The van der Waals surface area contributed by atoms with Gasteiger partial charge >= 0.3 is 0 Å². The zero-order chi connectivity index (χ0) is 11.6. The second-order valence-corrected chi connectivity index (χ2v) is 14.4. The molecular weight excluding hydrogens is 267 g/mol. The van der Waals surface area contributed by atoms with Crippen molar-refractivity contribution < 1.29 is 0 Å². The van der Waals surface area contributed by atoms with Gasteiger partial charge in [-0.15, -0.1) is 22.2 Å². The van der Waals surface area contributed by atoms with E-state index in [0.29, 0.717) is 0 Å². The van der Waals surface area contributed by atoms with E-state index < -0.39 is 6.69 Å².